The summed E-state index contributed by atoms with van der Waals surface area (Å²) in [4.78, 5) is 15.2. The Labute approximate surface area is 145 Å². The van der Waals surface area contributed by atoms with Crippen LogP contribution in [0.1, 0.15) is 51.9 Å². The third-order valence-corrected chi connectivity index (χ3v) is 3.91. The van der Waals surface area contributed by atoms with Gasteiger partial charge >= 0.3 is 5.97 Å². The monoisotopic (exact) mass is 411 g/mol. The van der Waals surface area contributed by atoms with Gasteiger partial charge in [-0.3, -0.25) is 9.79 Å². The molecule has 1 saturated carbocycles. The minimum absolute atomic E-state index is 0. The van der Waals surface area contributed by atoms with Gasteiger partial charge in [-0.05, 0) is 44.4 Å². The molecule has 21 heavy (non-hydrogen) atoms. The number of hydrogen-bond acceptors (Lipinski definition) is 3. The zero-order valence-electron chi connectivity index (χ0n) is 13.5. The van der Waals surface area contributed by atoms with Crippen LogP contribution >= 0.6 is 24.0 Å². The molecule has 0 spiro atoms. The molecule has 5 nitrogen and oxygen atoms in total. The van der Waals surface area contributed by atoms with E-state index in [0.29, 0.717) is 12.5 Å². The predicted molar refractivity (Wildman–Crippen MR) is 97.2 cm³/mol. The van der Waals surface area contributed by atoms with Gasteiger partial charge in [0.15, 0.2) is 5.96 Å². The number of esters is 1. The first-order valence-corrected chi connectivity index (χ1v) is 7.69. The number of guanidine groups is 1. The van der Waals surface area contributed by atoms with Crippen molar-refractivity contribution in [3.05, 3.63) is 0 Å². The fraction of sp³-hybridized carbons (Fsp3) is 0.867. The minimum atomic E-state index is -0.135. The van der Waals surface area contributed by atoms with Crippen LogP contribution in [0.4, 0.5) is 0 Å². The second kappa shape index (κ2) is 12.1. The first kappa shape index (κ1) is 20.5. The normalized spacial score (nSPS) is 22.1. The molecule has 0 bridgehead atoms. The summed E-state index contributed by atoms with van der Waals surface area (Å²) in [7, 11) is 3.23. The average molecular weight is 411 g/mol. The second-order valence-electron chi connectivity index (χ2n) is 5.63. The molecule has 1 fully saturated rings. The molecule has 1 rings (SSSR count). The number of carbonyl (C=O) groups excluding carboxylic acids is 1. The van der Waals surface area contributed by atoms with Gasteiger partial charge in [-0.1, -0.05) is 6.92 Å². The van der Waals surface area contributed by atoms with Gasteiger partial charge in [0, 0.05) is 26.1 Å². The van der Waals surface area contributed by atoms with Crippen LogP contribution in [-0.2, 0) is 9.53 Å². The Balaban J connectivity index is 0.00000400. The largest absolute Gasteiger partial charge is 0.469 e. The fourth-order valence-corrected chi connectivity index (χ4v) is 2.50. The zero-order chi connectivity index (χ0) is 14.8. The Morgan fingerprint density at radius 1 is 1.24 bits per heavy atom. The van der Waals surface area contributed by atoms with Crippen molar-refractivity contribution >= 4 is 35.9 Å². The number of unbranched alkanes of at least 4 members (excludes halogenated alkanes) is 1. The molecule has 2 N–H and O–H groups in total. The lowest BCUT2D eigenvalue weighted by Gasteiger charge is -2.28. The summed E-state index contributed by atoms with van der Waals surface area (Å²) in [5.41, 5.74) is 0. The van der Waals surface area contributed by atoms with E-state index in [9.17, 15) is 4.79 Å². The van der Waals surface area contributed by atoms with Gasteiger partial charge in [0.25, 0.3) is 0 Å². The number of nitrogens with one attached hydrogen (secondary N) is 2. The Bertz CT molecular complexity index is 316. The summed E-state index contributed by atoms with van der Waals surface area (Å²) in [5.74, 6) is 1.60. The van der Waals surface area contributed by atoms with Gasteiger partial charge in [0.05, 0.1) is 7.11 Å². The molecule has 0 atom stereocenters. The Morgan fingerprint density at radius 2 is 1.90 bits per heavy atom. The Morgan fingerprint density at radius 3 is 2.48 bits per heavy atom. The predicted octanol–water partition coefficient (Wildman–Crippen LogP) is 2.69. The van der Waals surface area contributed by atoms with E-state index in [1.807, 2.05) is 0 Å². The lowest BCUT2D eigenvalue weighted by atomic mass is 9.87. The zero-order valence-corrected chi connectivity index (χ0v) is 15.8. The minimum Gasteiger partial charge on any atom is -0.469 e. The number of rotatable bonds is 6. The second-order valence-corrected chi connectivity index (χ2v) is 5.63. The van der Waals surface area contributed by atoms with E-state index in [-0.39, 0.29) is 29.9 Å². The third-order valence-electron chi connectivity index (χ3n) is 3.91. The maximum atomic E-state index is 11.0. The molecular weight excluding hydrogens is 381 g/mol. The summed E-state index contributed by atoms with van der Waals surface area (Å²) in [5, 5.41) is 6.79. The maximum Gasteiger partial charge on any atom is 0.305 e. The molecule has 6 heteroatoms. The number of aliphatic imine (C=N–C) groups is 1. The van der Waals surface area contributed by atoms with Crippen LogP contribution in [0.5, 0.6) is 0 Å². The first-order chi connectivity index (χ1) is 9.65. The van der Waals surface area contributed by atoms with Crippen LogP contribution < -0.4 is 10.6 Å². The van der Waals surface area contributed by atoms with Crippen LogP contribution in [0.3, 0.4) is 0 Å². The summed E-state index contributed by atoms with van der Waals surface area (Å²) < 4.78 is 4.61. The van der Waals surface area contributed by atoms with Crippen LogP contribution in [0.25, 0.3) is 0 Å². The van der Waals surface area contributed by atoms with E-state index in [0.717, 1.165) is 31.3 Å². The molecule has 0 aromatic rings. The van der Waals surface area contributed by atoms with Gasteiger partial charge in [0.1, 0.15) is 0 Å². The van der Waals surface area contributed by atoms with Gasteiger partial charge in [0.2, 0.25) is 0 Å². The van der Waals surface area contributed by atoms with Crippen molar-refractivity contribution in [3.63, 3.8) is 0 Å². The highest BCUT2D eigenvalue weighted by Gasteiger charge is 2.18. The highest BCUT2D eigenvalue weighted by Crippen LogP contribution is 2.23. The topological polar surface area (TPSA) is 62.7 Å². The molecule has 0 aromatic heterocycles. The van der Waals surface area contributed by atoms with Crippen LogP contribution in [0.2, 0.25) is 0 Å². The van der Waals surface area contributed by atoms with Gasteiger partial charge in [-0.2, -0.15) is 0 Å². The molecule has 0 saturated heterocycles. The van der Waals surface area contributed by atoms with Crippen molar-refractivity contribution in [1.29, 1.82) is 0 Å². The Hall–Kier alpha value is -0.530. The summed E-state index contributed by atoms with van der Waals surface area (Å²) in [6, 6.07) is 0.549. The van der Waals surface area contributed by atoms with Crippen LogP contribution in [-0.4, -0.2) is 38.7 Å². The van der Waals surface area contributed by atoms with Gasteiger partial charge < -0.3 is 15.4 Å². The number of hydrogen-bond donors (Lipinski definition) is 2. The summed E-state index contributed by atoms with van der Waals surface area (Å²) in [6.45, 7) is 3.16. The van der Waals surface area contributed by atoms with E-state index in [2.05, 4.69) is 27.3 Å². The van der Waals surface area contributed by atoms with Crippen molar-refractivity contribution < 1.29 is 9.53 Å². The van der Waals surface area contributed by atoms with E-state index in [1.54, 1.807) is 7.05 Å². The van der Waals surface area contributed by atoms with E-state index in [1.165, 1.54) is 32.8 Å². The number of carbonyl (C=O) groups is 1. The smallest absolute Gasteiger partial charge is 0.305 e. The first-order valence-electron chi connectivity index (χ1n) is 7.69. The van der Waals surface area contributed by atoms with Crippen molar-refractivity contribution in [3.8, 4) is 0 Å². The third kappa shape index (κ3) is 9.16. The molecule has 0 aromatic carbocycles. The summed E-state index contributed by atoms with van der Waals surface area (Å²) in [6.07, 6.45) is 7.33. The molecular formula is C15H30IN3O2. The average Bonchev–Trinajstić information content (AvgIpc) is 2.47. The van der Waals surface area contributed by atoms with Gasteiger partial charge in [-0.25, -0.2) is 0 Å². The number of ether oxygens (including phenoxy) is 1. The molecule has 0 heterocycles. The lowest BCUT2D eigenvalue weighted by Crippen LogP contribution is -2.45. The van der Waals surface area contributed by atoms with Crippen LogP contribution in [0, 0.1) is 5.92 Å². The molecule has 0 aliphatic heterocycles. The van der Waals surface area contributed by atoms with Crippen molar-refractivity contribution in [1.82, 2.24) is 10.6 Å². The molecule has 0 unspecified atom stereocenters. The summed E-state index contributed by atoms with van der Waals surface area (Å²) >= 11 is 0. The number of methoxy groups -OCH3 is 1. The number of halogens is 1. The standard InChI is InChI=1S/C15H29N3O2.HI/c1-12-7-9-13(10-8-12)18-15(16-2)17-11-5-4-6-14(19)20-3;/h12-13H,4-11H2,1-3H3,(H2,16,17,18);1H. The van der Waals surface area contributed by atoms with Crippen molar-refractivity contribution in [2.24, 2.45) is 10.9 Å². The maximum absolute atomic E-state index is 11.0. The lowest BCUT2D eigenvalue weighted by molar-refractivity contribution is -0.140. The van der Waals surface area contributed by atoms with E-state index in [4.69, 9.17) is 0 Å². The van der Waals surface area contributed by atoms with Crippen LogP contribution in [0.15, 0.2) is 4.99 Å². The molecule has 0 radical (unpaired) electrons. The Kier molecular flexibility index (Phi) is 11.8. The van der Waals surface area contributed by atoms with E-state index < -0.39 is 0 Å². The molecule has 124 valence electrons. The van der Waals surface area contributed by atoms with Crippen molar-refractivity contribution in [2.45, 2.75) is 57.9 Å². The highest BCUT2D eigenvalue weighted by molar-refractivity contribution is 14.0. The molecule has 1 aliphatic carbocycles. The number of nitrogens with zero attached hydrogens (tertiary/aromatic N) is 1. The SMILES string of the molecule is CN=C(NCCCCC(=O)OC)NC1CCC(C)CC1.I. The molecule has 1 aliphatic rings. The van der Waals surface area contributed by atoms with E-state index >= 15 is 0 Å². The quantitative estimate of drug-likeness (QED) is 0.232. The van der Waals surface area contributed by atoms with Crippen molar-refractivity contribution in [2.75, 3.05) is 20.7 Å². The highest BCUT2D eigenvalue weighted by atomic mass is 127. The van der Waals surface area contributed by atoms with Gasteiger partial charge in [-0.15, -0.1) is 24.0 Å². The molecule has 0 amide bonds. The fourth-order valence-electron chi connectivity index (χ4n) is 2.50.